The van der Waals surface area contributed by atoms with Crippen molar-refractivity contribution in [1.82, 2.24) is 0 Å². The number of esters is 1. The van der Waals surface area contributed by atoms with Gasteiger partial charge in [-0.2, -0.15) is 0 Å². The molecule has 76 valence electrons. The van der Waals surface area contributed by atoms with Crippen LogP contribution in [0.1, 0.15) is 18.9 Å². The molecule has 0 spiro atoms. The van der Waals surface area contributed by atoms with Crippen LogP contribution in [-0.2, 0) is 16.0 Å². The first-order valence-corrected chi connectivity index (χ1v) is 4.56. The number of benzene rings is 1. The van der Waals surface area contributed by atoms with Gasteiger partial charge >= 0.3 is 5.97 Å². The molecule has 0 radical (unpaired) electrons. The van der Waals surface area contributed by atoms with Gasteiger partial charge in [-0.1, -0.05) is 12.1 Å². The van der Waals surface area contributed by atoms with Crippen molar-refractivity contribution in [1.29, 1.82) is 0 Å². The van der Waals surface area contributed by atoms with Crippen molar-refractivity contribution >= 4 is 5.97 Å². The van der Waals surface area contributed by atoms with E-state index in [-0.39, 0.29) is 11.8 Å². The molecule has 0 fully saturated rings. The fourth-order valence-electron chi connectivity index (χ4n) is 1.14. The molecule has 0 aromatic heterocycles. The maximum absolute atomic E-state index is 12.5. The third-order valence-electron chi connectivity index (χ3n) is 1.83. The summed E-state index contributed by atoms with van der Waals surface area (Å²) in [6, 6.07) is 6.34. The highest BCUT2D eigenvalue weighted by molar-refractivity contribution is 5.65. The highest BCUT2D eigenvalue weighted by Gasteiger charge is 1.96. The normalized spacial score (nSPS) is 9.86. The summed E-state index contributed by atoms with van der Waals surface area (Å²) in [5.74, 6) is -0.488. The predicted octanol–water partition coefficient (Wildman–Crippen LogP) is 2.32. The largest absolute Gasteiger partial charge is 0.466 e. The molecule has 0 N–H and O–H groups in total. The number of hydrogen-bond acceptors (Lipinski definition) is 2. The fourth-order valence-corrected chi connectivity index (χ4v) is 1.14. The van der Waals surface area contributed by atoms with E-state index in [9.17, 15) is 9.18 Å². The summed E-state index contributed by atoms with van der Waals surface area (Å²) in [5.41, 5.74) is 1.05. The molecule has 3 heteroatoms. The summed E-state index contributed by atoms with van der Waals surface area (Å²) in [7, 11) is 0. The molecule has 0 saturated carbocycles. The highest BCUT2D eigenvalue weighted by atomic mass is 19.1. The molecule has 0 aliphatic carbocycles. The van der Waals surface area contributed by atoms with Gasteiger partial charge in [0.05, 0.1) is 6.61 Å². The number of carbonyl (C=O) groups is 1. The second-order valence-corrected chi connectivity index (χ2v) is 3.07. The average molecular weight is 196 g/mol. The Balaban J connectivity index is 2.25. The van der Waals surface area contributed by atoms with Gasteiger partial charge in [-0.15, -0.1) is 0 Å². The van der Waals surface area contributed by atoms with Crippen LogP contribution in [0.4, 0.5) is 4.39 Å². The SMILES string of the molecule is CC(=O)OCCCc1ccc(F)cc1. The predicted molar refractivity (Wildman–Crippen MR) is 51.4 cm³/mol. The van der Waals surface area contributed by atoms with E-state index >= 15 is 0 Å². The maximum atomic E-state index is 12.5. The van der Waals surface area contributed by atoms with Crippen molar-refractivity contribution in [3.05, 3.63) is 35.6 Å². The van der Waals surface area contributed by atoms with Crippen LogP contribution in [0.2, 0.25) is 0 Å². The zero-order valence-electron chi connectivity index (χ0n) is 8.13. The first-order chi connectivity index (χ1) is 6.68. The molecule has 0 bridgehead atoms. The van der Waals surface area contributed by atoms with Gasteiger partial charge in [-0.05, 0) is 30.5 Å². The van der Waals surface area contributed by atoms with Gasteiger partial charge < -0.3 is 4.74 Å². The summed E-state index contributed by atoms with van der Waals surface area (Å²) >= 11 is 0. The third-order valence-corrected chi connectivity index (χ3v) is 1.83. The Hall–Kier alpha value is -1.38. The minimum atomic E-state index is -0.260. The lowest BCUT2D eigenvalue weighted by Crippen LogP contribution is -2.01. The van der Waals surface area contributed by atoms with E-state index < -0.39 is 0 Å². The second kappa shape index (κ2) is 5.37. The van der Waals surface area contributed by atoms with E-state index in [2.05, 4.69) is 0 Å². The summed E-state index contributed by atoms with van der Waals surface area (Å²) in [5, 5.41) is 0. The van der Waals surface area contributed by atoms with Gasteiger partial charge in [-0.3, -0.25) is 4.79 Å². The molecule has 0 atom stereocenters. The zero-order chi connectivity index (χ0) is 10.4. The van der Waals surface area contributed by atoms with Crippen molar-refractivity contribution in [3.63, 3.8) is 0 Å². The number of carbonyl (C=O) groups excluding carboxylic acids is 1. The molecular weight excluding hydrogens is 183 g/mol. The number of rotatable bonds is 4. The van der Waals surface area contributed by atoms with E-state index in [1.807, 2.05) is 0 Å². The van der Waals surface area contributed by atoms with Gasteiger partial charge in [0.15, 0.2) is 0 Å². The third kappa shape index (κ3) is 4.03. The number of halogens is 1. The molecule has 0 saturated heterocycles. The maximum Gasteiger partial charge on any atom is 0.302 e. The molecular formula is C11H13FO2. The van der Waals surface area contributed by atoms with Crippen molar-refractivity contribution in [3.8, 4) is 0 Å². The van der Waals surface area contributed by atoms with Crippen LogP contribution < -0.4 is 0 Å². The summed E-state index contributed by atoms with van der Waals surface area (Å²) in [6.45, 7) is 1.81. The van der Waals surface area contributed by atoms with E-state index in [1.165, 1.54) is 19.1 Å². The van der Waals surface area contributed by atoms with Crippen LogP contribution in [0.5, 0.6) is 0 Å². The van der Waals surface area contributed by atoms with Crippen LogP contribution in [0.25, 0.3) is 0 Å². The van der Waals surface area contributed by atoms with E-state index in [0.717, 1.165) is 18.4 Å². The van der Waals surface area contributed by atoms with Crippen LogP contribution in [0.3, 0.4) is 0 Å². The first kappa shape index (κ1) is 10.7. The van der Waals surface area contributed by atoms with E-state index in [4.69, 9.17) is 4.74 Å². The van der Waals surface area contributed by atoms with E-state index in [0.29, 0.717) is 6.61 Å². The molecule has 2 nitrogen and oxygen atoms in total. The van der Waals surface area contributed by atoms with Crippen LogP contribution >= 0.6 is 0 Å². The molecule has 0 aliphatic rings. The number of ether oxygens (including phenoxy) is 1. The number of hydrogen-bond donors (Lipinski definition) is 0. The second-order valence-electron chi connectivity index (χ2n) is 3.07. The summed E-state index contributed by atoms with van der Waals surface area (Å²) in [4.78, 5) is 10.4. The lowest BCUT2D eigenvalue weighted by molar-refractivity contribution is -0.141. The van der Waals surface area contributed by atoms with Gasteiger partial charge in [0.1, 0.15) is 5.82 Å². The Labute approximate surface area is 82.7 Å². The first-order valence-electron chi connectivity index (χ1n) is 4.56. The standard InChI is InChI=1S/C11H13FO2/c1-9(13)14-8-2-3-10-4-6-11(12)7-5-10/h4-7H,2-3,8H2,1H3. The zero-order valence-corrected chi connectivity index (χ0v) is 8.13. The van der Waals surface area contributed by atoms with Crippen LogP contribution in [-0.4, -0.2) is 12.6 Å². The van der Waals surface area contributed by atoms with Gasteiger partial charge in [0, 0.05) is 6.92 Å². The monoisotopic (exact) mass is 196 g/mol. The summed E-state index contributed by atoms with van der Waals surface area (Å²) in [6.07, 6.45) is 1.57. The quantitative estimate of drug-likeness (QED) is 0.545. The molecule has 14 heavy (non-hydrogen) atoms. The minimum Gasteiger partial charge on any atom is -0.466 e. The highest BCUT2D eigenvalue weighted by Crippen LogP contribution is 2.05. The Morgan fingerprint density at radius 1 is 1.36 bits per heavy atom. The lowest BCUT2D eigenvalue weighted by atomic mass is 10.1. The lowest BCUT2D eigenvalue weighted by Gasteiger charge is -2.02. The van der Waals surface area contributed by atoms with Gasteiger partial charge in [-0.25, -0.2) is 4.39 Å². The Morgan fingerprint density at radius 3 is 2.57 bits per heavy atom. The van der Waals surface area contributed by atoms with Gasteiger partial charge in [0.25, 0.3) is 0 Å². The molecule has 0 amide bonds. The Morgan fingerprint density at radius 2 is 2.00 bits per heavy atom. The molecule has 0 unspecified atom stereocenters. The van der Waals surface area contributed by atoms with Crippen molar-refractivity contribution in [2.45, 2.75) is 19.8 Å². The van der Waals surface area contributed by atoms with Crippen LogP contribution in [0.15, 0.2) is 24.3 Å². The fraction of sp³-hybridized carbons (Fsp3) is 0.364. The molecule has 0 aliphatic heterocycles. The minimum absolute atomic E-state index is 0.228. The summed E-state index contributed by atoms with van der Waals surface area (Å²) < 4.78 is 17.3. The van der Waals surface area contributed by atoms with Crippen molar-refractivity contribution < 1.29 is 13.9 Å². The molecule has 1 aromatic rings. The molecule has 0 heterocycles. The van der Waals surface area contributed by atoms with Crippen LogP contribution in [0, 0.1) is 5.82 Å². The Bertz CT molecular complexity index is 293. The topological polar surface area (TPSA) is 26.3 Å². The van der Waals surface area contributed by atoms with Crippen molar-refractivity contribution in [2.24, 2.45) is 0 Å². The van der Waals surface area contributed by atoms with Gasteiger partial charge in [0.2, 0.25) is 0 Å². The number of aryl methyl sites for hydroxylation is 1. The smallest absolute Gasteiger partial charge is 0.302 e. The van der Waals surface area contributed by atoms with Crippen molar-refractivity contribution in [2.75, 3.05) is 6.61 Å². The molecule has 1 aromatic carbocycles. The Kier molecular flexibility index (Phi) is 4.11. The average Bonchev–Trinajstić information content (AvgIpc) is 2.15. The molecule has 1 rings (SSSR count). The van der Waals surface area contributed by atoms with E-state index in [1.54, 1.807) is 12.1 Å².